The summed E-state index contributed by atoms with van der Waals surface area (Å²) in [5.41, 5.74) is -0.229. The number of ketones is 1. The number of ether oxygens (including phenoxy) is 2. The van der Waals surface area contributed by atoms with Gasteiger partial charge in [0.05, 0.1) is 25.6 Å². The fourth-order valence-corrected chi connectivity index (χ4v) is 2.59. The second kappa shape index (κ2) is 14.4. The van der Waals surface area contributed by atoms with Crippen molar-refractivity contribution in [1.29, 1.82) is 0 Å². The van der Waals surface area contributed by atoms with Crippen molar-refractivity contribution in [2.75, 3.05) is 13.2 Å². The average molecular weight is 425 g/mol. The zero-order valence-corrected chi connectivity index (χ0v) is 20.3. The normalized spacial score (nSPS) is 13.3. The van der Waals surface area contributed by atoms with Gasteiger partial charge in [0.1, 0.15) is 5.78 Å². The van der Waals surface area contributed by atoms with E-state index in [0.29, 0.717) is 26.1 Å². The summed E-state index contributed by atoms with van der Waals surface area (Å²) in [4.78, 5) is 35.7. The van der Waals surface area contributed by atoms with Gasteiger partial charge in [0, 0.05) is 6.42 Å². The third kappa shape index (κ3) is 18.4. The minimum absolute atomic E-state index is 0.0362. The maximum Gasteiger partial charge on any atom is 0.309 e. The van der Waals surface area contributed by atoms with Crippen LogP contribution in [0.2, 0.25) is 0 Å². The lowest BCUT2D eigenvalue weighted by Gasteiger charge is -2.21. The molecule has 0 aliphatic carbocycles. The molecule has 0 saturated heterocycles. The van der Waals surface area contributed by atoms with Crippen LogP contribution in [0.4, 0.5) is 0 Å². The van der Waals surface area contributed by atoms with Crippen molar-refractivity contribution < 1.29 is 23.9 Å². The Bertz CT molecular complexity index is 549. The summed E-state index contributed by atoms with van der Waals surface area (Å²) in [5.74, 6) is -0.972. The van der Waals surface area contributed by atoms with E-state index in [1.54, 1.807) is 6.92 Å². The maximum absolute atomic E-state index is 12.5. The summed E-state index contributed by atoms with van der Waals surface area (Å²) >= 11 is 0. The molecular weight excluding hydrogens is 380 g/mol. The van der Waals surface area contributed by atoms with Crippen LogP contribution in [0.25, 0.3) is 0 Å². The molecule has 5 heteroatoms. The summed E-state index contributed by atoms with van der Waals surface area (Å²) in [7, 11) is 0. The summed E-state index contributed by atoms with van der Waals surface area (Å²) in [6.07, 6.45) is 10.3. The highest BCUT2D eigenvalue weighted by molar-refractivity contribution is 5.80. The van der Waals surface area contributed by atoms with Gasteiger partial charge in [-0.05, 0) is 43.4 Å². The number of carbonyl (C=O) groups excluding carboxylic acids is 3. The van der Waals surface area contributed by atoms with E-state index in [0.717, 1.165) is 32.1 Å². The third-order valence-electron chi connectivity index (χ3n) is 4.30. The lowest BCUT2D eigenvalue weighted by molar-refractivity contribution is -0.157. The van der Waals surface area contributed by atoms with Gasteiger partial charge in [-0.1, -0.05) is 66.5 Å². The molecule has 0 aromatic heterocycles. The number of hydrogen-bond acceptors (Lipinski definition) is 5. The highest BCUT2D eigenvalue weighted by Crippen LogP contribution is 2.19. The Morgan fingerprint density at radius 1 is 0.800 bits per heavy atom. The van der Waals surface area contributed by atoms with Crippen molar-refractivity contribution in [2.45, 2.75) is 99.8 Å². The number of Topliss-reactive ketones (excluding diaryl/α,β-unsaturated/α-hetero) is 1. The molecule has 0 spiro atoms. The highest BCUT2D eigenvalue weighted by atomic mass is 16.5. The van der Waals surface area contributed by atoms with E-state index in [1.807, 2.05) is 47.6 Å². The second-order valence-electron chi connectivity index (χ2n) is 10.7. The van der Waals surface area contributed by atoms with E-state index in [1.165, 1.54) is 0 Å². The van der Waals surface area contributed by atoms with E-state index >= 15 is 0 Å². The van der Waals surface area contributed by atoms with Crippen LogP contribution in [-0.2, 0) is 23.9 Å². The van der Waals surface area contributed by atoms with Crippen LogP contribution in [0.15, 0.2) is 12.2 Å². The third-order valence-corrected chi connectivity index (χ3v) is 4.30. The van der Waals surface area contributed by atoms with E-state index in [9.17, 15) is 14.4 Å². The Hall–Kier alpha value is -1.65. The zero-order chi connectivity index (χ0) is 23.2. The lowest BCUT2D eigenvalue weighted by Crippen LogP contribution is -2.27. The van der Waals surface area contributed by atoms with Gasteiger partial charge in [0.2, 0.25) is 0 Å². The largest absolute Gasteiger partial charge is 0.465 e. The molecule has 174 valence electrons. The molecule has 0 aromatic rings. The molecule has 1 atom stereocenters. The fraction of sp³-hybridized carbons (Fsp3) is 0.800. The molecule has 0 fully saturated rings. The molecule has 0 aliphatic rings. The number of unbranched alkanes of at least 4 members (excludes halogenated alkanes) is 4. The first-order chi connectivity index (χ1) is 13.8. The molecule has 0 heterocycles. The molecule has 0 rings (SSSR count). The average Bonchev–Trinajstić information content (AvgIpc) is 2.60. The van der Waals surface area contributed by atoms with Gasteiger partial charge in [-0.15, -0.1) is 0 Å². The van der Waals surface area contributed by atoms with Crippen LogP contribution in [0.3, 0.4) is 0 Å². The minimum atomic E-state index is -0.522. The SMILES string of the molecule is CC(=O)CCCCCC/C=C/CC(CC(=O)OCC(C)(C)C)C(=O)OCC(C)(C)C. The molecule has 0 amide bonds. The van der Waals surface area contributed by atoms with Crippen molar-refractivity contribution in [2.24, 2.45) is 16.7 Å². The van der Waals surface area contributed by atoms with Crippen molar-refractivity contribution in [1.82, 2.24) is 0 Å². The quantitative estimate of drug-likeness (QED) is 0.193. The van der Waals surface area contributed by atoms with Crippen molar-refractivity contribution >= 4 is 17.7 Å². The molecular formula is C25H44O5. The molecule has 1 unspecified atom stereocenters. The van der Waals surface area contributed by atoms with Crippen LogP contribution >= 0.6 is 0 Å². The maximum atomic E-state index is 12.5. The highest BCUT2D eigenvalue weighted by Gasteiger charge is 2.25. The van der Waals surface area contributed by atoms with E-state index in [-0.39, 0.29) is 35.0 Å². The number of allylic oxidation sites excluding steroid dienone is 2. The van der Waals surface area contributed by atoms with Gasteiger partial charge >= 0.3 is 11.9 Å². The van der Waals surface area contributed by atoms with Gasteiger partial charge in [0.15, 0.2) is 0 Å². The van der Waals surface area contributed by atoms with E-state index in [4.69, 9.17) is 9.47 Å². The van der Waals surface area contributed by atoms with Gasteiger partial charge in [-0.3, -0.25) is 9.59 Å². The van der Waals surface area contributed by atoms with Gasteiger partial charge < -0.3 is 14.3 Å². The molecule has 0 saturated carbocycles. The van der Waals surface area contributed by atoms with E-state index in [2.05, 4.69) is 6.08 Å². The predicted molar refractivity (Wildman–Crippen MR) is 121 cm³/mol. The Balaban J connectivity index is 4.52. The zero-order valence-electron chi connectivity index (χ0n) is 20.3. The molecule has 0 N–H and O–H groups in total. The molecule has 5 nitrogen and oxygen atoms in total. The van der Waals surface area contributed by atoms with Crippen LogP contribution in [0.5, 0.6) is 0 Å². The topological polar surface area (TPSA) is 69.7 Å². The molecule has 30 heavy (non-hydrogen) atoms. The Kier molecular flexibility index (Phi) is 13.6. The number of hydrogen-bond donors (Lipinski definition) is 0. The first-order valence-electron chi connectivity index (χ1n) is 11.3. The minimum Gasteiger partial charge on any atom is -0.465 e. The van der Waals surface area contributed by atoms with Gasteiger partial charge in [0.25, 0.3) is 0 Å². The molecule has 0 bridgehead atoms. The van der Waals surface area contributed by atoms with Crippen molar-refractivity contribution in [3.8, 4) is 0 Å². The lowest BCUT2D eigenvalue weighted by atomic mass is 9.97. The van der Waals surface area contributed by atoms with Gasteiger partial charge in [-0.25, -0.2) is 0 Å². The molecule has 0 aliphatic heterocycles. The van der Waals surface area contributed by atoms with Gasteiger partial charge in [-0.2, -0.15) is 0 Å². The van der Waals surface area contributed by atoms with Crippen LogP contribution in [0, 0.1) is 16.7 Å². The summed E-state index contributed by atoms with van der Waals surface area (Å²) in [6.45, 7) is 14.3. The Labute approximate surface area is 184 Å². The summed E-state index contributed by atoms with van der Waals surface area (Å²) < 4.78 is 10.8. The second-order valence-corrected chi connectivity index (χ2v) is 10.7. The van der Waals surface area contributed by atoms with Crippen molar-refractivity contribution in [3.63, 3.8) is 0 Å². The molecule has 0 aromatic carbocycles. The summed E-state index contributed by atoms with van der Waals surface area (Å²) in [5, 5.41) is 0. The summed E-state index contributed by atoms with van der Waals surface area (Å²) in [6, 6.07) is 0. The number of esters is 2. The smallest absolute Gasteiger partial charge is 0.309 e. The molecule has 0 radical (unpaired) electrons. The Morgan fingerprint density at radius 2 is 1.37 bits per heavy atom. The van der Waals surface area contributed by atoms with Crippen LogP contribution in [0.1, 0.15) is 99.8 Å². The Morgan fingerprint density at radius 3 is 1.93 bits per heavy atom. The number of rotatable bonds is 14. The predicted octanol–water partition coefficient (Wildman–Crippen LogP) is 6.05. The van der Waals surface area contributed by atoms with Crippen LogP contribution < -0.4 is 0 Å². The van der Waals surface area contributed by atoms with Crippen molar-refractivity contribution in [3.05, 3.63) is 12.2 Å². The first-order valence-corrected chi connectivity index (χ1v) is 11.3. The monoisotopic (exact) mass is 424 g/mol. The number of carbonyl (C=O) groups is 3. The first kappa shape index (κ1) is 28.4. The van der Waals surface area contributed by atoms with Crippen LogP contribution in [-0.4, -0.2) is 30.9 Å². The van der Waals surface area contributed by atoms with E-state index < -0.39 is 5.92 Å². The standard InChI is InChI=1S/C25H44O5/c1-20(26)15-13-11-9-8-10-12-14-16-21(23(28)30-19-25(5,6)7)17-22(27)29-18-24(2,3)4/h12,14,21H,8-11,13,15-19H2,1-7H3/b14-12+. The fourth-order valence-electron chi connectivity index (χ4n) is 2.59.